The fourth-order valence-electron chi connectivity index (χ4n) is 2.39. The zero-order valence-electron chi connectivity index (χ0n) is 12.5. The monoisotopic (exact) mass is 308 g/mol. The fourth-order valence-corrected chi connectivity index (χ4v) is 2.39. The van der Waals surface area contributed by atoms with Crippen LogP contribution in [0, 0.1) is 11.3 Å². The van der Waals surface area contributed by atoms with E-state index in [-0.39, 0.29) is 5.91 Å². The van der Waals surface area contributed by atoms with Crippen LogP contribution in [0.3, 0.4) is 0 Å². The molecule has 0 radical (unpaired) electrons. The molecule has 1 saturated heterocycles. The van der Waals surface area contributed by atoms with Gasteiger partial charge in [0, 0.05) is 30.7 Å². The van der Waals surface area contributed by atoms with Crippen molar-refractivity contribution >= 4 is 17.3 Å². The number of amides is 1. The molecule has 116 valence electrons. The van der Waals surface area contributed by atoms with Crippen molar-refractivity contribution in [2.45, 2.75) is 0 Å². The zero-order valence-corrected chi connectivity index (χ0v) is 12.5. The molecule has 0 atom stereocenters. The van der Waals surface area contributed by atoms with Crippen LogP contribution in [0.1, 0.15) is 16.1 Å². The van der Waals surface area contributed by atoms with Crippen molar-refractivity contribution in [3.63, 3.8) is 0 Å². The summed E-state index contributed by atoms with van der Waals surface area (Å²) in [5, 5.41) is 12.1. The number of nitrogens with one attached hydrogen (secondary N) is 1. The number of carbonyl (C=O) groups excluding carboxylic acids is 1. The van der Waals surface area contributed by atoms with Gasteiger partial charge in [0.2, 0.25) is 0 Å². The number of aromatic nitrogens is 1. The van der Waals surface area contributed by atoms with Crippen molar-refractivity contribution in [2.24, 2.45) is 0 Å². The molecule has 6 heteroatoms. The van der Waals surface area contributed by atoms with Crippen LogP contribution in [-0.4, -0.2) is 42.1 Å². The van der Waals surface area contributed by atoms with Crippen molar-refractivity contribution in [3.8, 4) is 6.07 Å². The summed E-state index contributed by atoms with van der Waals surface area (Å²) in [6.45, 7) is 2.29. The second-order valence-corrected chi connectivity index (χ2v) is 5.15. The summed E-state index contributed by atoms with van der Waals surface area (Å²) >= 11 is 0. The summed E-state index contributed by atoms with van der Waals surface area (Å²) in [6, 6.07) is 12.8. The number of anilines is 2. The summed E-state index contributed by atoms with van der Waals surface area (Å²) in [4.78, 5) is 18.3. The lowest BCUT2D eigenvalue weighted by molar-refractivity contribution is 0.0299. The number of rotatable bonds is 3. The Morgan fingerprint density at radius 2 is 2.00 bits per heavy atom. The maximum Gasteiger partial charge on any atom is 0.272 e. The number of pyridine rings is 1. The van der Waals surface area contributed by atoms with Gasteiger partial charge in [-0.25, -0.2) is 0 Å². The lowest BCUT2D eigenvalue weighted by Crippen LogP contribution is -2.41. The van der Waals surface area contributed by atoms with E-state index in [1.165, 1.54) is 0 Å². The SMILES string of the molecule is N#Cc1cccc(Nc2ccnc(C(=O)N3CCOCC3)c2)c1. The summed E-state index contributed by atoms with van der Waals surface area (Å²) in [7, 11) is 0. The maximum atomic E-state index is 12.4. The number of hydrogen-bond donors (Lipinski definition) is 1. The van der Waals surface area contributed by atoms with E-state index < -0.39 is 0 Å². The first-order valence-corrected chi connectivity index (χ1v) is 7.36. The van der Waals surface area contributed by atoms with Crippen LogP contribution in [0.4, 0.5) is 11.4 Å². The van der Waals surface area contributed by atoms with E-state index in [9.17, 15) is 4.79 Å². The van der Waals surface area contributed by atoms with E-state index in [0.29, 0.717) is 37.6 Å². The highest BCUT2D eigenvalue weighted by atomic mass is 16.5. The Balaban J connectivity index is 1.76. The second-order valence-electron chi connectivity index (χ2n) is 5.15. The van der Waals surface area contributed by atoms with Gasteiger partial charge in [0.1, 0.15) is 5.69 Å². The molecular formula is C17H16N4O2. The van der Waals surface area contributed by atoms with Gasteiger partial charge in [-0.3, -0.25) is 9.78 Å². The quantitative estimate of drug-likeness (QED) is 0.940. The average Bonchev–Trinajstić information content (AvgIpc) is 2.62. The predicted octanol–water partition coefficient (Wildman–Crippen LogP) is 2.17. The first kappa shape index (κ1) is 15.0. The fraction of sp³-hybridized carbons (Fsp3) is 0.235. The molecule has 1 aromatic carbocycles. The first-order chi connectivity index (χ1) is 11.3. The van der Waals surface area contributed by atoms with E-state index in [4.69, 9.17) is 10.00 Å². The highest BCUT2D eigenvalue weighted by molar-refractivity contribution is 5.93. The van der Waals surface area contributed by atoms with Crippen LogP contribution in [0.25, 0.3) is 0 Å². The normalized spacial score (nSPS) is 14.1. The van der Waals surface area contributed by atoms with Crippen molar-refractivity contribution in [3.05, 3.63) is 53.9 Å². The molecule has 6 nitrogen and oxygen atoms in total. The van der Waals surface area contributed by atoms with Crippen LogP contribution in [0.15, 0.2) is 42.6 Å². The molecule has 1 aliphatic rings. The molecule has 0 aliphatic carbocycles. The van der Waals surface area contributed by atoms with Gasteiger partial charge in [0.25, 0.3) is 5.91 Å². The Morgan fingerprint density at radius 1 is 1.22 bits per heavy atom. The van der Waals surface area contributed by atoms with E-state index in [1.54, 1.807) is 35.4 Å². The minimum atomic E-state index is -0.0947. The maximum absolute atomic E-state index is 12.4. The predicted molar refractivity (Wildman–Crippen MR) is 85.4 cm³/mol. The van der Waals surface area contributed by atoms with Crippen LogP contribution in [0.5, 0.6) is 0 Å². The topological polar surface area (TPSA) is 78.2 Å². The molecule has 0 bridgehead atoms. The number of morpholine rings is 1. The number of benzene rings is 1. The Kier molecular flexibility index (Phi) is 4.50. The molecule has 3 rings (SSSR count). The third kappa shape index (κ3) is 3.65. The summed E-state index contributed by atoms with van der Waals surface area (Å²) < 4.78 is 5.26. The molecule has 2 heterocycles. The average molecular weight is 308 g/mol. The molecular weight excluding hydrogens is 292 g/mol. The number of nitriles is 1. The number of hydrogen-bond acceptors (Lipinski definition) is 5. The smallest absolute Gasteiger partial charge is 0.272 e. The lowest BCUT2D eigenvalue weighted by atomic mass is 10.2. The van der Waals surface area contributed by atoms with Crippen molar-refractivity contribution in [1.82, 2.24) is 9.88 Å². The second kappa shape index (κ2) is 6.90. The molecule has 0 spiro atoms. The highest BCUT2D eigenvalue weighted by Crippen LogP contribution is 2.18. The van der Waals surface area contributed by atoms with E-state index in [1.807, 2.05) is 12.1 Å². The summed E-state index contributed by atoms with van der Waals surface area (Å²) in [5.41, 5.74) is 2.52. The van der Waals surface area contributed by atoms with Crippen molar-refractivity contribution < 1.29 is 9.53 Å². The number of nitrogens with zero attached hydrogens (tertiary/aromatic N) is 3. The number of carbonyl (C=O) groups is 1. The van der Waals surface area contributed by atoms with Gasteiger partial charge < -0.3 is 15.0 Å². The molecule has 1 aliphatic heterocycles. The van der Waals surface area contributed by atoms with Crippen molar-refractivity contribution in [1.29, 1.82) is 5.26 Å². The van der Waals surface area contributed by atoms with Crippen LogP contribution in [-0.2, 0) is 4.74 Å². The van der Waals surface area contributed by atoms with E-state index >= 15 is 0 Å². The molecule has 23 heavy (non-hydrogen) atoms. The van der Waals surface area contributed by atoms with Gasteiger partial charge in [0.15, 0.2) is 0 Å². The van der Waals surface area contributed by atoms with Crippen LogP contribution >= 0.6 is 0 Å². The Hall–Kier alpha value is -2.91. The standard InChI is InChI=1S/C17H16N4O2/c18-12-13-2-1-3-14(10-13)20-15-4-5-19-16(11-15)17(22)21-6-8-23-9-7-21/h1-5,10-11H,6-9H2,(H,19,20). The van der Waals surface area contributed by atoms with Gasteiger partial charge in [0.05, 0.1) is 24.8 Å². The zero-order chi connectivity index (χ0) is 16.1. The highest BCUT2D eigenvalue weighted by Gasteiger charge is 2.19. The summed E-state index contributed by atoms with van der Waals surface area (Å²) in [6.07, 6.45) is 1.60. The third-order valence-electron chi connectivity index (χ3n) is 3.56. The van der Waals surface area contributed by atoms with Crippen LogP contribution < -0.4 is 5.32 Å². The molecule has 1 fully saturated rings. The van der Waals surface area contributed by atoms with E-state index in [0.717, 1.165) is 11.4 Å². The molecule has 2 aromatic rings. The molecule has 1 amide bonds. The van der Waals surface area contributed by atoms with E-state index in [2.05, 4.69) is 16.4 Å². The van der Waals surface area contributed by atoms with Gasteiger partial charge in [-0.2, -0.15) is 5.26 Å². The molecule has 0 unspecified atom stereocenters. The molecule has 1 aromatic heterocycles. The Labute approximate surface area is 134 Å². The number of ether oxygens (including phenoxy) is 1. The Morgan fingerprint density at radius 3 is 2.78 bits per heavy atom. The van der Waals surface area contributed by atoms with Gasteiger partial charge in [-0.15, -0.1) is 0 Å². The molecule has 0 saturated carbocycles. The minimum absolute atomic E-state index is 0.0947. The minimum Gasteiger partial charge on any atom is -0.378 e. The van der Waals surface area contributed by atoms with Crippen LogP contribution in [0.2, 0.25) is 0 Å². The summed E-state index contributed by atoms with van der Waals surface area (Å²) in [5.74, 6) is -0.0947. The van der Waals surface area contributed by atoms with Gasteiger partial charge in [-0.1, -0.05) is 6.07 Å². The first-order valence-electron chi connectivity index (χ1n) is 7.36. The van der Waals surface area contributed by atoms with Gasteiger partial charge in [-0.05, 0) is 30.3 Å². The Bertz CT molecular complexity index is 748. The largest absolute Gasteiger partial charge is 0.378 e. The van der Waals surface area contributed by atoms with Gasteiger partial charge >= 0.3 is 0 Å². The van der Waals surface area contributed by atoms with Crippen molar-refractivity contribution in [2.75, 3.05) is 31.6 Å². The third-order valence-corrected chi connectivity index (χ3v) is 3.56. The lowest BCUT2D eigenvalue weighted by Gasteiger charge is -2.26. The molecule has 1 N–H and O–H groups in total.